The van der Waals surface area contributed by atoms with Crippen LogP contribution in [-0.4, -0.2) is 42.6 Å². The number of nitrogens with one attached hydrogen (secondary N) is 1. The van der Waals surface area contributed by atoms with Gasteiger partial charge in [0.15, 0.2) is 0 Å². The summed E-state index contributed by atoms with van der Waals surface area (Å²) in [5, 5.41) is 3.54. The normalized spacial score (nSPS) is 24.0. The highest BCUT2D eigenvalue weighted by Gasteiger charge is 2.32. The third-order valence-corrected chi connectivity index (χ3v) is 4.38. The lowest BCUT2D eigenvalue weighted by molar-refractivity contribution is -0.131. The van der Waals surface area contributed by atoms with E-state index in [-0.39, 0.29) is 12.4 Å². The van der Waals surface area contributed by atoms with E-state index in [4.69, 9.17) is 4.74 Å². The second kappa shape index (κ2) is 8.51. The van der Waals surface area contributed by atoms with Crippen LogP contribution >= 0.6 is 12.4 Å². The van der Waals surface area contributed by atoms with Gasteiger partial charge in [-0.2, -0.15) is 0 Å². The fraction of sp³-hybridized carbons (Fsp3) is 0.588. The number of hydrogen-bond acceptors (Lipinski definition) is 3. The average Bonchev–Trinajstić information content (AvgIpc) is 2.86. The molecular formula is C17H25ClN2O2. The number of likely N-dealkylation sites (tertiary alicyclic amines) is 1. The third kappa shape index (κ3) is 4.70. The highest BCUT2D eigenvalue weighted by Crippen LogP contribution is 2.21. The molecule has 22 heavy (non-hydrogen) atoms. The van der Waals surface area contributed by atoms with Gasteiger partial charge in [-0.3, -0.25) is 4.79 Å². The Bertz CT molecular complexity index is 469. The largest absolute Gasteiger partial charge is 0.377 e. The minimum Gasteiger partial charge on any atom is -0.377 e. The van der Waals surface area contributed by atoms with Gasteiger partial charge >= 0.3 is 0 Å². The molecule has 1 N–H and O–H groups in total. The lowest BCUT2D eigenvalue weighted by Gasteiger charge is -2.24. The molecule has 1 aromatic rings. The van der Waals surface area contributed by atoms with Gasteiger partial charge in [-0.05, 0) is 24.8 Å². The first kappa shape index (κ1) is 17.3. The van der Waals surface area contributed by atoms with Crippen LogP contribution in [0.1, 0.15) is 31.2 Å². The van der Waals surface area contributed by atoms with Gasteiger partial charge in [0.2, 0.25) is 5.91 Å². The molecular weight excluding hydrogens is 300 g/mol. The Morgan fingerprint density at radius 1 is 1.18 bits per heavy atom. The minimum absolute atomic E-state index is 0. The molecule has 2 bridgehead atoms. The lowest BCUT2D eigenvalue weighted by atomic mass is 10.1. The molecule has 5 heteroatoms. The number of fused-ring (bicyclic) bond motifs is 2. The van der Waals surface area contributed by atoms with Crippen molar-refractivity contribution in [3.05, 3.63) is 35.9 Å². The molecule has 2 atom stereocenters. The maximum Gasteiger partial charge on any atom is 0.224 e. The standard InChI is InChI=1S/C17H24N2O2.ClH/c20-17-11-15-7-8-16(18-15)12-19(17)9-4-10-21-13-14-5-2-1-3-6-14;/h1-3,5-6,15-16,18H,4,7-13H2;1H/t15-,16+;/m1./s1. The molecule has 2 fully saturated rings. The van der Waals surface area contributed by atoms with E-state index in [9.17, 15) is 4.79 Å². The third-order valence-electron chi connectivity index (χ3n) is 4.38. The molecule has 0 aromatic heterocycles. The maximum absolute atomic E-state index is 12.1. The van der Waals surface area contributed by atoms with Crippen LogP contribution in [0.3, 0.4) is 0 Å². The highest BCUT2D eigenvalue weighted by atomic mass is 35.5. The number of rotatable bonds is 6. The van der Waals surface area contributed by atoms with E-state index in [2.05, 4.69) is 17.4 Å². The average molecular weight is 325 g/mol. The zero-order valence-corrected chi connectivity index (χ0v) is 13.7. The zero-order chi connectivity index (χ0) is 14.5. The SMILES string of the molecule is Cl.O=C1C[C@H]2CC[C@@H](CN1CCCOCc1ccccc1)N2. The number of carbonyl (C=O) groups excluding carboxylic acids is 1. The van der Waals surface area contributed by atoms with Crippen molar-refractivity contribution in [1.82, 2.24) is 10.2 Å². The van der Waals surface area contributed by atoms with Crippen LogP contribution in [0.5, 0.6) is 0 Å². The Hall–Kier alpha value is -1.10. The van der Waals surface area contributed by atoms with E-state index in [1.807, 2.05) is 23.1 Å². The summed E-state index contributed by atoms with van der Waals surface area (Å²) in [6, 6.07) is 11.1. The second-order valence-corrected chi connectivity index (χ2v) is 6.07. The van der Waals surface area contributed by atoms with Crippen LogP contribution in [0.4, 0.5) is 0 Å². The monoisotopic (exact) mass is 324 g/mol. The fourth-order valence-corrected chi connectivity index (χ4v) is 3.25. The first-order chi connectivity index (χ1) is 10.3. The smallest absolute Gasteiger partial charge is 0.224 e. The molecule has 0 unspecified atom stereocenters. The predicted octanol–water partition coefficient (Wildman–Crippen LogP) is 2.37. The van der Waals surface area contributed by atoms with E-state index in [0.29, 0.717) is 37.6 Å². The summed E-state index contributed by atoms with van der Waals surface area (Å²) in [6.07, 6.45) is 3.95. The Kier molecular flexibility index (Phi) is 6.68. The number of nitrogens with zero attached hydrogens (tertiary/aromatic N) is 1. The van der Waals surface area contributed by atoms with Crippen molar-refractivity contribution >= 4 is 18.3 Å². The van der Waals surface area contributed by atoms with Gasteiger partial charge in [0, 0.05) is 38.2 Å². The van der Waals surface area contributed by atoms with Crippen molar-refractivity contribution in [1.29, 1.82) is 0 Å². The summed E-state index contributed by atoms with van der Waals surface area (Å²) >= 11 is 0. The summed E-state index contributed by atoms with van der Waals surface area (Å²) in [5.74, 6) is 0.303. The number of ether oxygens (including phenoxy) is 1. The summed E-state index contributed by atoms with van der Waals surface area (Å²) in [4.78, 5) is 14.2. The molecule has 0 spiro atoms. The van der Waals surface area contributed by atoms with Gasteiger partial charge < -0.3 is 15.0 Å². The number of carbonyl (C=O) groups is 1. The summed E-state index contributed by atoms with van der Waals surface area (Å²) in [7, 11) is 0. The van der Waals surface area contributed by atoms with Crippen LogP contribution in [-0.2, 0) is 16.1 Å². The fourth-order valence-electron chi connectivity index (χ4n) is 3.25. The molecule has 2 aliphatic rings. The Morgan fingerprint density at radius 2 is 1.95 bits per heavy atom. The summed E-state index contributed by atoms with van der Waals surface area (Å²) < 4.78 is 5.69. The van der Waals surface area contributed by atoms with Gasteiger partial charge in [0.05, 0.1) is 6.61 Å². The summed E-state index contributed by atoms with van der Waals surface area (Å²) in [5.41, 5.74) is 1.20. The Labute approximate surface area is 138 Å². The molecule has 2 aliphatic heterocycles. The molecule has 4 nitrogen and oxygen atoms in total. The van der Waals surface area contributed by atoms with Gasteiger partial charge in [-0.25, -0.2) is 0 Å². The molecule has 0 saturated carbocycles. The topological polar surface area (TPSA) is 41.6 Å². The van der Waals surface area contributed by atoms with Crippen LogP contribution < -0.4 is 5.32 Å². The first-order valence-electron chi connectivity index (χ1n) is 7.97. The zero-order valence-electron chi connectivity index (χ0n) is 12.9. The van der Waals surface area contributed by atoms with Crippen LogP contribution in [0.25, 0.3) is 0 Å². The van der Waals surface area contributed by atoms with Gasteiger partial charge in [0.1, 0.15) is 0 Å². The van der Waals surface area contributed by atoms with Crippen molar-refractivity contribution in [2.45, 2.75) is 44.4 Å². The molecule has 0 aliphatic carbocycles. The number of amides is 1. The molecule has 0 radical (unpaired) electrons. The van der Waals surface area contributed by atoms with Crippen LogP contribution in [0, 0.1) is 0 Å². The van der Waals surface area contributed by atoms with Crippen molar-refractivity contribution in [3.63, 3.8) is 0 Å². The van der Waals surface area contributed by atoms with Gasteiger partial charge in [-0.1, -0.05) is 30.3 Å². The van der Waals surface area contributed by atoms with E-state index < -0.39 is 0 Å². The highest BCUT2D eigenvalue weighted by molar-refractivity contribution is 5.85. The van der Waals surface area contributed by atoms with Crippen LogP contribution in [0.2, 0.25) is 0 Å². The van der Waals surface area contributed by atoms with E-state index in [1.54, 1.807) is 0 Å². The van der Waals surface area contributed by atoms with Gasteiger partial charge in [-0.15, -0.1) is 12.4 Å². The van der Waals surface area contributed by atoms with Gasteiger partial charge in [0.25, 0.3) is 0 Å². The van der Waals surface area contributed by atoms with Crippen molar-refractivity contribution in [2.24, 2.45) is 0 Å². The summed E-state index contributed by atoms with van der Waals surface area (Å²) in [6.45, 7) is 3.05. The number of hydrogen-bond donors (Lipinski definition) is 1. The van der Waals surface area contributed by atoms with Crippen molar-refractivity contribution < 1.29 is 9.53 Å². The molecule has 1 aromatic carbocycles. The minimum atomic E-state index is 0. The molecule has 3 rings (SSSR count). The lowest BCUT2D eigenvalue weighted by Crippen LogP contribution is -2.38. The molecule has 122 valence electrons. The molecule has 2 heterocycles. The Balaban J connectivity index is 0.00000176. The second-order valence-electron chi connectivity index (χ2n) is 6.07. The molecule has 2 saturated heterocycles. The van der Waals surface area contributed by atoms with Crippen molar-refractivity contribution in [3.8, 4) is 0 Å². The first-order valence-corrected chi connectivity index (χ1v) is 7.97. The van der Waals surface area contributed by atoms with Crippen LogP contribution in [0.15, 0.2) is 30.3 Å². The Morgan fingerprint density at radius 3 is 2.77 bits per heavy atom. The van der Waals surface area contributed by atoms with E-state index in [1.165, 1.54) is 12.0 Å². The van der Waals surface area contributed by atoms with E-state index in [0.717, 1.165) is 25.9 Å². The quantitative estimate of drug-likeness (QED) is 0.817. The molecule has 1 amide bonds. The van der Waals surface area contributed by atoms with Crippen molar-refractivity contribution in [2.75, 3.05) is 19.7 Å². The predicted molar refractivity (Wildman–Crippen MR) is 89.1 cm³/mol. The maximum atomic E-state index is 12.1. The number of benzene rings is 1. The van der Waals surface area contributed by atoms with E-state index >= 15 is 0 Å². The number of halogens is 1.